The normalized spacial score (nSPS) is 10.7. The second-order valence-electron chi connectivity index (χ2n) is 4.08. The minimum atomic E-state index is -0.0466. The maximum Gasteiger partial charge on any atom is 0.270 e. The molecule has 0 radical (unpaired) electrons. The number of aromatic nitrogens is 2. The summed E-state index contributed by atoms with van der Waals surface area (Å²) < 4.78 is 1.83. The highest BCUT2D eigenvalue weighted by Crippen LogP contribution is 2.11. The number of hydrogen-bond acceptors (Lipinski definition) is 2. The summed E-state index contributed by atoms with van der Waals surface area (Å²) in [6.45, 7) is 4.68. The number of fused-ring (bicyclic) bond motifs is 1. The standard InChI is InChI=1S/C13H17N3O/c1-3-4-8-14-13(17)12-10(2)15-11-7-5-6-9-16(11)12/h5-7,9H,3-4,8H2,1-2H3,(H,14,17). The van der Waals surface area contributed by atoms with Gasteiger partial charge >= 0.3 is 0 Å². The lowest BCUT2D eigenvalue weighted by Crippen LogP contribution is -2.26. The van der Waals surface area contributed by atoms with Gasteiger partial charge in [0.05, 0.1) is 5.69 Å². The zero-order valence-electron chi connectivity index (χ0n) is 10.2. The number of rotatable bonds is 4. The number of carbonyl (C=O) groups is 1. The number of aryl methyl sites for hydroxylation is 1. The van der Waals surface area contributed by atoms with Crippen molar-refractivity contribution in [1.82, 2.24) is 14.7 Å². The van der Waals surface area contributed by atoms with Gasteiger partial charge in [-0.3, -0.25) is 9.20 Å². The molecular formula is C13H17N3O. The zero-order valence-corrected chi connectivity index (χ0v) is 10.2. The fourth-order valence-corrected chi connectivity index (χ4v) is 1.85. The van der Waals surface area contributed by atoms with Crippen molar-refractivity contribution in [2.45, 2.75) is 26.7 Å². The number of pyridine rings is 1. The van der Waals surface area contributed by atoms with Gasteiger partial charge in [0.15, 0.2) is 0 Å². The molecule has 0 unspecified atom stereocenters. The molecule has 1 N–H and O–H groups in total. The average molecular weight is 231 g/mol. The lowest BCUT2D eigenvalue weighted by Gasteiger charge is -2.04. The monoisotopic (exact) mass is 231 g/mol. The highest BCUT2D eigenvalue weighted by atomic mass is 16.1. The molecule has 0 aliphatic rings. The van der Waals surface area contributed by atoms with E-state index in [1.807, 2.05) is 35.7 Å². The first-order valence-electron chi connectivity index (χ1n) is 5.96. The Morgan fingerprint density at radius 3 is 3.06 bits per heavy atom. The maximum absolute atomic E-state index is 12.0. The van der Waals surface area contributed by atoms with Crippen molar-refractivity contribution < 1.29 is 4.79 Å². The third-order valence-electron chi connectivity index (χ3n) is 2.74. The van der Waals surface area contributed by atoms with Crippen LogP contribution in [-0.4, -0.2) is 21.8 Å². The quantitative estimate of drug-likeness (QED) is 0.820. The highest BCUT2D eigenvalue weighted by molar-refractivity contribution is 5.94. The lowest BCUT2D eigenvalue weighted by atomic mass is 10.3. The van der Waals surface area contributed by atoms with Crippen molar-refractivity contribution in [2.24, 2.45) is 0 Å². The van der Waals surface area contributed by atoms with Crippen LogP contribution in [0.4, 0.5) is 0 Å². The van der Waals surface area contributed by atoms with Gasteiger partial charge in [-0.25, -0.2) is 4.98 Å². The molecule has 0 saturated heterocycles. The van der Waals surface area contributed by atoms with Gasteiger partial charge in [-0.1, -0.05) is 19.4 Å². The summed E-state index contributed by atoms with van der Waals surface area (Å²) in [4.78, 5) is 16.4. The first kappa shape index (κ1) is 11.6. The Bertz CT molecular complexity index is 530. The Balaban J connectivity index is 2.28. The van der Waals surface area contributed by atoms with E-state index >= 15 is 0 Å². The summed E-state index contributed by atoms with van der Waals surface area (Å²) >= 11 is 0. The summed E-state index contributed by atoms with van der Waals surface area (Å²) in [7, 11) is 0. The van der Waals surface area contributed by atoms with Crippen molar-refractivity contribution in [3.05, 3.63) is 35.8 Å². The molecule has 4 heteroatoms. The first-order valence-corrected chi connectivity index (χ1v) is 5.96. The van der Waals surface area contributed by atoms with Gasteiger partial charge in [-0.15, -0.1) is 0 Å². The second kappa shape index (κ2) is 4.99. The van der Waals surface area contributed by atoms with Crippen LogP contribution in [0.25, 0.3) is 5.65 Å². The molecule has 0 saturated carbocycles. The van der Waals surface area contributed by atoms with E-state index in [2.05, 4.69) is 17.2 Å². The molecule has 0 aromatic carbocycles. The molecule has 2 aromatic heterocycles. The van der Waals surface area contributed by atoms with Crippen LogP contribution in [0.3, 0.4) is 0 Å². The number of imidazole rings is 1. The number of unbranched alkanes of at least 4 members (excludes halogenated alkanes) is 1. The van der Waals surface area contributed by atoms with Crippen molar-refractivity contribution in [1.29, 1.82) is 0 Å². The van der Waals surface area contributed by atoms with Gasteiger partial charge < -0.3 is 5.32 Å². The van der Waals surface area contributed by atoms with Crippen LogP contribution in [0.5, 0.6) is 0 Å². The van der Waals surface area contributed by atoms with Gasteiger partial charge in [0, 0.05) is 12.7 Å². The second-order valence-corrected chi connectivity index (χ2v) is 4.08. The van der Waals surface area contributed by atoms with Crippen molar-refractivity contribution >= 4 is 11.6 Å². The summed E-state index contributed by atoms with van der Waals surface area (Å²) in [5.41, 5.74) is 2.22. The molecule has 0 aliphatic heterocycles. The van der Waals surface area contributed by atoms with Crippen LogP contribution in [0.15, 0.2) is 24.4 Å². The minimum Gasteiger partial charge on any atom is -0.351 e. The van der Waals surface area contributed by atoms with Gasteiger partial charge in [0.2, 0.25) is 0 Å². The molecule has 4 nitrogen and oxygen atoms in total. The predicted octanol–water partition coefficient (Wildman–Crippen LogP) is 2.17. The number of nitrogens with one attached hydrogen (secondary N) is 1. The molecule has 0 bridgehead atoms. The molecular weight excluding hydrogens is 214 g/mol. The highest BCUT2D eigenvalue weighted by Gasteiger charge is 2.15. The van der Waals surface area contributed by atoms with Crippen LogP contribution in [0, 0.1) is 6.92 Å². The van der Waals surface area contributed by atoms with E-state index in [1.165, 1.54) is 0 Å². The van der Waals surface area contributed by atoms with Gasteiger partial charge in [-0.05, 0) is 25.5 Å². The van der Waals surface area contributed by atoms with Crippen LogP contribution in [0.1, 0.15) is 35.9 Å². The van der Waals surface area contributed by atoms with Crippen LogP contribution in [0.2, 0.25) is 0 Å². The molecule has 0 fully saturated rings. The summed E-state index contributed by atoms with van der Waals surface area (Å²) in [5, 5.41) is 2.92. The molecule has 2 aromatic rings. The number of hydrogen-bond donors (Lipinski definition) is 1. The summed E-state index contributed by atoms with van der Waals surface area (Å²) in [6.07, 6.45) is 3.94. The Kier molecular flexibility index (Phi) is 3.42. The molecule has 0 atom stereocenters. The topological polar surface area (TPSA) is 46.4 Å². The van der Waals surface area contributed by atoms with E-state index in [9.17, 15) is 4.79 Å². The van der Waals surface area contributed by atoms with Crippen LogP contribution >= 0.6 is 0 Å². The Morgan fingerprint density at radius 2 is 2.29 bits per heavy atom. The molecule has 1 amide bonds. The van der Waals surface area contributed by atoms with Crippen LogP contribution in [-0.2, 0) is 0 Å². The summed E-state index contributed by atoms with van der Waals surface area (Å²) in [5.74, 6) is -0.0466. The minimum absolute atomic E-state index is 0.0466. The fraction of sp³-hybridized carbons (Fsp3) is 0.385. The molecule has 2 heterocycles. The fourth-order valence-electron chi connectivity index (χ4n) is 1.85. The Hall–Kier alpha value is -1.84. The van der Waals surface area contributed by atoms with E-state index in [1.54, 1.807) is 0 Å². The van der Waals surface area contributed by atoms with E-state index in [0.717, 1.165) is 30.7 Å². The van der Waals surface area contributed by atoms with Crippen molar-refractivity contribution in [3.8, 4) is 0 Å². The van der Waals surface area contributed by atoms with Gasteiger partial charge in [0.25, 0.3) is 5.91 Å². The molecule has 0 spiro atoms. The zero-order chi connectivity index (χ0) is 12.3. The van der Waals surface area contributed by atoms with E-state index < -0.39 is 0 Å². The largest absolute Gasteiger partial charge is 0.351 e. The lowest BCUT2D eigenvalue weighted by molar-refractivity contribution is 0.0946. The third kappa shape index (κ3) is 2.30. The van der Waals surface area contributed by atoms with Crippen molar-refractivity contribution in [3.63, 3.8) is 0 Å². The third-order valence-corrected chi connectivity index (χ3v) is 2.74. The Labute approximate surface area is 101 Å². The number of amides is 1. The number of carbonyl (C=O) groups excluding carboxylic acids is 1. The van der Waals surface area contributed by atoms with E-state index in [0.29, 0.717) is 5.69 Å². The average Bonchev–Trinajstić information content (AvgIpc) is 2.65. The Morgan fingerprint density at radius 1 is 1.47 bits per heavy atom. The molecule has 2 rings (SSSR count). The molecule has 17 heavy (non-hydrogen) atoms. The molecule has 0 aliphatic carbocycles. The van der Waals surface area contributed by atoms with Crippen molar-refractivity contribution in [2.75, 3.05) is 6.54 Å². The smallest absolute Gasteiger partial charge is 0.270 e. The van der Waals surface area contributed by atoms with Gasteiger partial charge in [-0.2, -0.15) is 0 Å². The number of nitrogens with zero attached hydrogens (tertiary/aromatic N) is 2. The maximum atomic E-state index is 12.0. The summed E-state index contributed by atoms with van der Waals surface area (Å²) in [6, 6.07) is 5.72. The SMILES string of the molecule is CCCCNC(=O)c1c(C)nc2ccccn12. The van der Waals surface area contributed by atoms with E-state index in [-0.39, 0.29) is 5.91 Å². The van der Waals surface area contributed by atoms with Crippen LogP contribution < -0.4 is 5.32 Å². The first-order chi connectivity index (χ1) is 8.24. The van der Waals surface area contributed by atoms with Gasteiger partial charge in [0.1, 0.15) is 11.3 Å². The van der Waals surface area contributed by atoms with E-state index in [4.69, 9.17) is 0 Å². The molecule has 90 valence electrons. The predicted molar refractivity (Wildman–Crippen MR) is 67.2 cm³/mol.